The molecule has 0 bridgehead atoms. The molecule has 1 N–H and O–H groups in total. The van der Waals surface area contributed by atoms with Gasteiger partial charge in [0.1, 0.15) is 0 Å². The van der Waals surface area contributed by atoms with Gasteiger partial charge in [0.15, 0.2) is 0 Å². The van der Waals surface area contributed by atoms with Crippen molar-refractivity contribution in [3.63, 3.8) is 0 Å². The van der Waals surface area contributed by atoms with Crippen LogP contribution in [0.2, 0.25) is 0 Å². The largest absolute Gasteiger partial charge is 0.382 e. The van der Waals surface area contributed by atoms with Gasteiger partial charge in [-0.1, -0.05) is 32.0 Å². The molecule has 1 heterocycles. The SMILES string of the molecule is CC[C@H]1Nc2ccccc2C[C@@H]1C. The van der Waals surface area contributed by atoms with E-state index in [0.717, 1.165) is 5.92 Å². The Hall–Kier alpha value is -0.980. The van der Waals surface area contributed by atoms with Crippen LogP contribution in [0.3, 0.4) is 0 Å². The number of nitrogens with one attached hydrogen (secondary N) is 1. The average molecular weight is 175 g/mol. The summed E-state index contributed by atoms with van der Waals surface area (Å²) in [5.41, 5.74) is 2.81. The third kappa shape index (κ3) is 1.55. The van der Waals surface area contributed by atoms with E-state index >= 15 is 0 Å². The highest BCUT2D eigenvalue weighted by molar-refractivity contribution is 5.54. The molecule has 0 spiro atoms. The van der Waals surface area contributed by atoms with E-state index in [-0.39, 0.29) is 0 Å². The average Bonchev–Trinajstić information content (AvgIpc) is 2.17. The van der Waals surface area contributed by atoms with E-state index in [2.05, 4.69) is 43.4 Å². The van der Waals surface area contributed by atoms with Gasteiger partial charge in [0, 0.05) is 11.7 Å². The highest BCUT2D eigenvalue weighted by atomic mass is 14.9. The van der Waals surface area contributed by atoms with Gasteiger partial charge in [-0.2, -0.15) is 0 Å². The lowest BCUT2D eigenvalue weighted by atomic mass is 9.87. The van der Waals surface area contributed by atoms with E-state index in [1.165, 1.54) is 24.1 Å². The molecule has 1 aromatic rings. The Labute approximate surface area is 80.2 Å². The third-order valence-corrected chi connectivity index (χ3v) is 3.03. The molecule has 2 rings (SSSR count). The molecule has 0 saturated carbocycles. The second-order valence-electron chi connectivity index (χ2n) is 4.00. The van der Waals surface area contributed by atoms with Crippen LogP contribution < -0.4 is 5.32 Å². The predicted octanol–water partition coefficient (Wildman–Crippen LogP) is 3.07. The molecule has 70 valence electrons. The smallest absolute Gasteiger partial charge is 0.0375 e. The van der Waals surface area contributed by atoms with Gasteiger partial charge in [-0.3, -0.25) is 0 Å². The van der Waals surface area contributed by atoms with Gasteiger partial charge in [0.05, 0.1) is 0 Å². The first-order chi connectivity index (χ1) is 6.31. The normalized spacial score (nSPS) is 26.3. The van der Waals surface area contributed by atoms with Crippen molar-refractivity contribution in [2.45, 2.75) is 32.7 Å². The van der Waals surface area contributed by atoms with Crippen LogP contribution in [-0.2, 0) is 6.42 Å². The maximum absolute atomic E-state index is 3.60. The minimum atomic E-state index is 0.662. The fraction of sp³-hybridized carbons (Fsp3) is 0.500. The Bertz CT molecular complexity index is 293. The number of rotatable bonds is 1. The van der Waals surface area contributed by atoms with Gasteiger partial charge in [-0.25, -0.2) is 0 Å². The van der Waals surface area contributed by atoms with Crippen molar-refractivity contribution >= 4 is 5.69 Å². The summed E-state index contributed by atoms with van der Waals surface area (Å²) >= 11 is 0. The Kier molecular flexibility index (Phi) is 2.26. The lowest BCUT2D eigenvalue weighted by Gasteiger charge is -2.31. The molecular formula is C12H17N. The molecule has 0 radical (unpaired) electrons. The fourth-order valence-electron chi connectivity index (χ4n) is 2.17. The van der Waals surface area contributed by atoms with Crippen molar-refractivity contribution in [1.29, 1.82) is 0 Å². The van der Waals surface area contributed by atoms with Crippen LogP contribution in [-0.4, -0.2) is 6.04 Å². The van der Waals surface area contributed by atoms with Crippen LogP contribution in [0.1, 0.15) is 25.8 Å². The quantitative estimate of drug-likeness (QED) is 0.691. The van der Waals surface area contributed by atoms with E-state index in [0.29, 0.717) is 6.04 Å². The number of hydrogen-bond acceptors (Lipinski definition) is 1. The molecule has 1 heteroatoms. The highest BCUT2D eigenvalue weighted by Gasteiger charge is 2.22. The minimum Gasteiger partial charge on any atom is -0.382 e. The molecule has 2 atom stereocenters. The van der Waals surface area contributed by atoms with Crippen molar-refractivity contribution in [2.24, 2.45) is 5.92 Å². The molecule has 1 nitrogen and oxygen atoms in total. The maximum Gasteiger partial charge on any atom is 0.0375 e. The molecule has 13 heavy (non-hydrogen) atoms. The summed E-state index contributed by atoms with van der Waals surface area (Å²) in [5, 5.41) is 3.60. The Balaban J connectivity index is 2.27. The summed E-state index contributed by atoms with van der Waals surface area (Å²) in [6.07, 6.45) is 2.44. The summed E-state index contributed by atoms with van der Waals surface area (Å²) < 4.78 is 0. The summed E-state index contributed by atoms with van der Waals surface area (Å²) in [4.78, 5) is 0. The van der Waals surface area contributed by atoms with E-state index in [1.54, 1.807) is 0 Å². The van der Waals surface area contributed by atoms with Gasteiger partial charge in [0.25, 0.3) is 0 Å². The van der Waals surface area contributed by atoms with Crippen LogP contribution in [0, 0.1) is 5.92 Å². The van der Waals surface area contributed by atoms with Crippen LogP contribution in [0.25, 0.3) is 0 Å². The Morgan fingerprint density at radius 3 is 2.92 bits per heavy atom. The standard InChI is InChI=1S/C12H17N/c1-3-11-9(2)8-10-6-4-5-7-12(10)13-11/h4-7,9,11,13H,3,8H2,1-2H3/t9-,11+/m0/s1. The van der Waals surface area contributed by atoms with E-state index in [4.69, 9.17) is 0 Å². The van der Waals surface area contributed by atoms with E-state index < -0.39 is 0 Å². The molecule has 0 saturated heterocycles. The van der Waals surface area contributed by atoms with Crippen molar-refractivity contribution in [1.82, 2.24) is 0 Å². The first kappa shape index (κ1) is 8.61. The zero-order chi connectivity index (χ0) is 9.26. The summed E-state index contributed by atoms with van der Waals surface area (Å²) in [5.74, 6) is 0.764. The predicted molar refractivity (Wildman–Crippen MR) is 57.0 cm³/mol. The van der Waals surface area contributed by atoms with Crippen LogP contribution in [0.4, 0.5) is 5.69 Å². The Morgan fingerprint density at radius 1 is 1.38 bits per heavy atom. The van der Waals surface area contributed by atoms with Crippen molar-refractivity contribution < 1.29 is 0 Å². The van der Waals surface area contributed by atoms with Crippen LogP contribution in [0.5, 0.6) is 0 Å². The molecule has 0 fully saturated rings. The number of benzene rings is 1. The summed E-state index contributed by atoms with van der Waals surface area (Å²) in [6.45, 7) is 4.58. The molecule has 0 aliphatic carbocycles. The van der Waals surface area contributed by atoms with Crippen LogP contribution >= 0.6 is 0 Å². The molecule has 0 amide bonds. The molecule has 1 aliphatic heterocycles. The van der Waals surface area contributed by atoms with E-state index in [1.807, 2.05) is 0 Å². The van der Waals surface area contributed by atoms with Gasteiger partial charge < -0.3 is 5.32 Å². The number of hydrogen-bond donors (Lipinski definition) is 1. The van der Waals surface area contributed by atoms with Gasteiger partial charge >= 0.3 is 0 Å². The van der Waals surface area contributed by atoms with Gasteiger partial charge in [-0.05, 0) is 30.4 Å². The zero-order valence-corrected chi connectivity index (χ0v) is 8.38. The number of anilines is 1. The van der Waals surface area contributed by atoms with Crippen molar-refractivity contribution in [2.75, 3.05) is 5.32 Å². The Morgan fingerprint density at radius 2 is 2.15 bits per heavy atom. The van der Waals surface area contributed by atoms with Gasteiger partial charge in [0.2, 0.25) is 0 Å². The summed E-state index contributed by atoms with van der Waals surface area (Å²) in [6, 6.07) is 9.30. The lowest BCUT2D eigenvalue weighted by molar-refractivity contribution is 0.454. The first-order valence-electron chi connectivity index (χ1n) is 5.15. The topological polar surface area (TPSA) is 12.0 Å². The lowest BCUT2D eigenvalue weighted by Crippen LogP contribution is -2.32. The highest BCUT2D eigenvalue weighted by Crippen LogP contribution is 2.28. The molecule has 1 aliphatic rings. The molecule has 1 aromatic carbocycles. The molecule has 0 aromatic heterocycles. The molecule has 0 unspecified atom stereocenters. The summed E-state index contributed by atoms with van der Waals surface area (Å²) in [7, 11) is 0. The maximum atomic E-state index is 3.60. The second kappa shape index (κ2) is 3.41. The van der Waals surface area contributed by atoms with Crippen molar-refractivity contribution in [3.8, 4) is 0 Å². The fourth-order valence-corrected chi connectivity index (χ4v) is 2.17. The van der Waals surface area contributed by atoms with Gasteiger partial charge in [-0.15, -0.1) is 0 Å². The minimum absolute atomic E-state index is 0.662. The third-order valence-electron chi connectivity index (χ3n) is 3.03. The second-order valence-corrected chi connectivity index (χ2v) is 4.00. The van der Waals surface area contributed by atoms with E-state index in [9.17, 15) is 0 Å². The van der Waals surface area contributed by atoms with Crippen LogP contribution in [0.15, 0.2) is 24.3 Å². The number of para-hydroxylation sites is 1. The first-order valence-corrected chi connectivity index (χ1v) is 5.15. The molecular weight excluding hydrogens is 158 g/mol. The number of fused-ring (bicyclic) bond motifs is 1. The monoisotopic (exact) mass is 175 g/mol. The zero-order valence-electron chi connectivity index (χ0n) is 8.38. The van der Waals surface area contributed by atoms with Crippen molar-refractivity contribution in [3.05, 3.63) is 29.8 Å².